The molecule has 7 heteroatoms. The van der Waals surface area contributed by atoms with Crippen molar-refractivity contribution in [2.45, 2.75) is 31.5 Å². The zero-order valence-corrected chi connectivity index (χ0v) is 16.9. The average Bonchev–Trinajstić information content (AvgIpc) is 3.40. The second-order valence-corrected chi connectivity index (χ2v) is 9.45. The first-order valence-electron chi connectivity index (χ1n) is 10.9. The van der Waals surface area contributed by atoms with E-state index in [0.717, 1.165) is 32.8 Å². The fraction of sp³-hybridized carbons (Fsp3) is 0.240. The summed E-state index contributed by atoms with van der Waals surface area (Å²) in [4.78, 5) is 29.9. The van der Waals surface area contributed by atoms with Crippen LogP contribution in [0, 0.1) is 5.92 Å². The highest BCUT2D eigenvalue weighted by atomic mass is 16.6. The number of Topliss-reactive ketones (excluding diaryl/α,β-unsaturated/α-hetero) is 2. The Kier molecular flexibility index (Phi) is 2.77. The molecule has 0 spiro atoms. The van der Waals surface area contributed by atoms with Gasteiger partial charge in [-0.05, 0) is 6.08 Å². The summed E-state index contributed by atoms with van der Waals surface area (Å²) >= 11 is 0. The maximum Gasteiger partial charge on any atom is 0.204 e. The molecule has 2 aromatic rings. The van der Waals surface area contributed by atoms with Gasteiger partial charge in [-0.25, -0.2) is 5.21 Å². The molecule has 5 heterocycles. The van der Waals surface area contributed by atoms with Gasteiger partial charge < -0.3 is 9.67 Å². The zero-order valence-electron chi connectivity index (χ0n) is 16.9. The second kappa shape index (κ2) is 5.15. The van der Waals surface area contributed by atoms with Crippen molar-refractivity contribution in [1.29, 1.82) is 0 Å². The number of allylic oxidation sites excluding steroid dienone is 3. The summed E-state index contributed by atoms with van der Waals surface area (Å²) in [5.41, 5.74) is 5.15. The monoisotopic (exact) mass is 424 g/mol. The van der Waals surface area contributed by atoms with Crippen LogP contribution in [0.15, 0.2) is 35.0 Å². The van der Waals surface area contributed by atoms with E-state index in [1.807, 2.05) is 28.9 Å². The third kappa shape index (κ3) is 1.63. The molecule has 2 aliphatic carbocycles. The average molecular weight is 424 g/mol. The number of aliphatic imine (C=N–C) groups is 1. The maximum atomic E-state index is 13.1. The Labute approximate surface area is 181 Å². The Hall–Kier alpha value is -3.39. The number of carbonyl (C=O) groups is 2. The van der Waals surface area contributed by atoms with Crippen LogP contribution in [0.25, 0.3) is 28.8 Å². The van der Waals surface area contributed by atoms with Crippen molar-refractivity contribution in [2.75, 3.05) is 0 Å². The molecule has 7 nitrogen and oxygen atoms in total. The number of hydrogen-bond donors (Lipinski definition) is 2. The van der Waals surface area contributed by atoms with Crippen LogP contribution < -0.4 is 15.2 Å². The predicted octanol–water partition coefficient (Wildman–Crippen LogP) is 1.06. The van der Waals surface area contributed by atoms with Gasteiger partial charge in [-0.2, -0.15) is 0 Å². The lowest BCUT2D eigenvalue weighted by Gasteiger charge is -2.44. The minimum Gasteiger partial charge on any atom is -0.382 e. The first-order valence-corrected chi connectivity index (χ1v) is 10.9. The molecule has 0 unspecified atom stereocenters. The number of piperidine rings is 1. The van der Waals surface area contributed by atoms with E-state index < -0.39 is 10.8 Å². The molecule has 4 atom stereocenters. The second-order valence-electron chi connectivity index (χ2n) is 9.45. The van der Waals surface area contributed by atoms with Crippen molar-refractivity contribution in [3.05, 3.63) is 57.3 Å². The molecule has 1 saturated heterocycles. The van der Waals surface area contributed by atoms with Gasteiger partial charge >= 0.3 is 0 Å². The molecule has 2 bridgehead atoms. The van der Waals surface area contributed by atoms with Gasteiger partial charge in [-0.1, -0.05) is 18.2 Å². The number of nitrogens with zero attached hydrogens (tertiary/aromatic N) is 3. The Bertz CT molecular complexity index is 1630. The lowest BCUT2D eigenvalue weighted by Crippen LogP contribution is -2.60. The van der Waals surface area contributed by atoms with E-state index in [4.69, 9.17) is 0 Å². The van der Waals surface area contributed by atoms with E-state index in [-0.39, 0.29) is 29.9 Å². The molecule has 1 fully saturated rings. The van der Waals surface area contributed by atoms with Crippen molar-refractivity contribution in [3.63, 3.8) is 0 Å². The van der Waals surface area contributed by atoms with Gasteiger partial charge in [-0.15, -0.1) is 4.65 Å². The van der Waals surface area contributed by atoms with Crippen LogP contribution in [0.3, 0.4) is 0 Å². The molecule has 4 aliphatic heterocycles. The van der Waals surface area contributed by atoms with Gasteiger partial charge in [0.15, 0.2) is 17.3 Å². The summed E-state index contributed by atoms with van der Waals surface area (Å²) in [7, 11) is 0. The lowest BCUT2D eigenvalue weighted by atomic mass is 9.81. The minimum absolute atomic E-state index is 0.0492. The van der Waals surface area contributed by atoms with E-state index >= 15 is 0 Å². The quantitative estimate of drug-likeness (QED) is 0.376. The van der Waals surface area contributed by atoms with Crippen LogP contribution in [-0.2, 0) is 11.3 Å². The Morgan fingerprint density at radius 2 is 2.06 bits per heavy atom. The molecule has 0 saturated carbocycles. The van der Waals surface area contributed by atoms with Crippen LogP contribution in [0.2, 0.25) is 0 Å². The summed E-state index contributed by atoms with van der Waals surface area (Å²) < 4.78 is 1.50. The number of aromatic nitrogens is 1. The maximum absolute atomic E-state index is 13.1. The number of fused-ring (bicyclic) bond motifs is 8. The van der Waals surface area contributed by atoms with Gasteiger partial charge in [0.1, 0.15) is 17.7 Å². The molecule has 0 radical (unpaired) electrons. The summed E-state index contributed by atoms with van der Waals surface area (Å²) in [6.07, 6.45) is 12.9. The number of benzene rings is 1. The summed E-state index contributed by atoms with van der Waals surface area (Å²) in [6, 6.07) is -0.245. The number of aliphatic hydroxyl groups excluding tert-OH is 1. The minimum atomic E-state index is -0.780. The first-order chi connectivity index (χ1) is 15.5. The van der Waals surface area contributed by atoms with Crippen LogP contribution in [-0.4, -0.2) is 44.8 Å². The Balaban J connectivity index is 1.69. The topological polar surface area (TPSA) is 91.9 Å². The fourth-order valence-electron chi connectivity index (χ4n) is 6.79. The smallest absolute Gasteiger partial charge is 0.204 e. The van der Waals surface area contributed by atoms with Crippen molar-refractivity contribution >= 4 is 52.2 Å². The number of hydroxylamine groups is 2. The normalized spacial score (nSPS) is 33.2. The molecule has 32 heavy (non-hydrogen) atoms. The zero-order chi connectivity index (χ0) is 21.5. The third-order valence-corrected chi connectivity index (χ3v) is 8.00. The van der Waals surface area contributed by atoms with Gasteiger partial charge in [0.25, 0.3) is 0 Å². The van der Waals surface area contributed by atoms with Crippen molar-refractivity contribution < 1.29 is 19.9 Å². The van der Waals surface area contributed by atoms with Gasteiger partial charge in [0, 0.05) is 53.5 Å². The molecule has 0 amide bonds. The van der Waals surface area contributed by atoms with Crippen LogP contribution >= 0.6 is 0 Å². The van der Waals surface area contributed by atoms with Gasteiger partial charge in [0.05, 0.1) is 28.5 Å². The largest absolute Gasteiger partial charge is 0.382 e. The number of aliphatic hydroxyl groups is 1. The SMILES string of the molecule is O=C1C=c2c(c3c4c(c5c6c3n2C/C=C\[C@@H]2C[C@@H]3C=CC5=C([C@@H]3O)[N@+]62O)C=NC=4)C(=O)C1. The Morgan fingerprint density at radius 3 is 2.94 bits per heavy atom. The van der Waals surface area contributed by atoms with E-state index in [9.17, 15) is 19.9 Å². The predicted molar refractivity (Wildman–Crippen MR) is 118 cm³/mol. The first kappa shape index (κ1) is 17.2. The lowest BCUT2D eigenvalue weighted by molar-refractivity contribution is -0.112. The molecule has 6 aliphatic rings. The summed E-state index contributed by atoms with van der Waals surface area (Å²) in [5.74, 6) is -0.451. The fourth-order valence-corrected chi connectivity index (χ4v) is 6.79. The molecule has 2 N–H and O–H groups in total. The van der Waals surface area contributed by atoms with E-state index in [0.29, 0.717) is 35.3 Å². The van der Waals surface area contributed by atoms with Crippen LogP contribution in [0.4, 0.5) is 5.69 Å². The van der Waals surface area contributed by atoms with Crippen molar-refractivity contribution in [2.24, 2.45) is 10.9 Å². The molecular formula is C25H18N3O4+. The molecular weight excluding hydrogens is 406 g/mol. The molecule has 156 valence electrons. The third-order valence-electron chi connectivity index (χ3n) is 8.00. The number of hydrogen-bond acceptors (Lipinski definition) is 5. The molecule has 8 rings (SSSR count). The standard InChI is InChI=1S/C25H18N3O4/c29-13-7-17-21(18(30)8-13)20-16-10-26-9-15(16)19-14-4-3-11-6-12-2-1-5-27(17)22(20)24(19)28(12,32)23(14)25(11)31/h1-4,7,9-12,25,31-32H,5-6,8H2/q+1/b2-1-/t11-,12+,25+,28-/m0/s1. The molecule has 1 aromatic heterocycles. The number of carbonyl (C=O) groups excluding carboxylic acids is 2. The molecule has 1 aromatic carbocycles. The number of rotatable bonds is 0. The van der Waals surface area contributed by atoms with Gasteiger partial charge in [-0.3, -0.25) is 14.6 Å². The van der Waals surface area contributed by atoms with E-state index in [2.05, 4.69) is 4.99 Å². The number of ketones is 2. The highest BCUT2D eigenvalue weighted by Crippen LogP contribution is 2.57. The Morgan fingerprint density at radius 1 is 1.19 bits per heavy atom. The number of quaternary nitrogens is 1. The highest BCUT2D eigenvalue weighted by Gasteiger charge is 2.61. The van der Waals surface area contributed by atoms with Gasteiger partial charge in [0.2, 0.25) is 5.69 Å². The van der Waals surface area contributed by atoms with Crippen LogP contribution in [0.1, 0.15) is 34.3 Å². The van der Waals surface area contributed by atoms with Crippen LogP contribution in [0.5, 0.6) is 0 Å². The van der Waals surface area contributed by atoms with Crippen molar-refractivity contribution in [1.82, 2.24) is 9.21 Å². The van der Waals surface area contributed by atoms with Crippen molar-refractivity contribution in [3.8, 4) is 0 Å². The summed E-state index contributed by atoms with van der Waals surface area (Å²) in [5, 5.41) is 25.8. The van der Waals surface area contributed by atoms with E-state index in [1.54, 1.807) is 18.5 Å². The van der Waals surface area contributed by atoms with E-state index in [1.165, 1.54) is 0 Å². The summed E-state index contributed by atoms with van der Waals surface area (Å²) in [6.45, 7) is 0.497. The highest BCUT2D eigenvalue weighted by molar-refractivity contribution is 6.27.